The molecule has 0 amide bonds. The van der Waals surface area contributed by atoms with Crippen LogP contribution in [0.5, 0.6) is 34.5 Å². The fraction of sp³-hybridized carbons (Fsp3) is 0.455. The van der Waals surface area contributed by atoms with Crippen LogP contribution in [0.25, 0.3) is 0 Å². The van der Waals surface area contributed by atoms with E-state index in [0.29, 0.717) is 50.5 Å². The third-order valence-corrected chi connectivity index (χ3v) is 20.8. The lowest BCUT2D eigenvalue weighted by atomic mass is 10.0. The third-order valence-electron chi connectivity index (χ3n) is 17.0. The molecule has 7 aliphatic rings. The Morgan fingerprint density at radius 3 is 1.22 bits per heavy atom. The van der Waals surface area contributed by atoms with Crippen molar-refractivity contribution in [2.75, 3.05) is 83.0 Å². The number of hydrogen-bond donors (Lipinski definition) is 2. The van der Waals surface area contributed by atoms with Crippen molar-refractivity contribution in [1.82, 2.24) is 23.7 Å². The van der Waals surface area contributed by atoms with Crippen molar-refractivity contribution in [3.05, 3.63) is 179 Å². The summed E-state index contributed by atoms with van der Waals surface area (Å²) >= 11 is 5.61. The number of nitrogens with one attached hydrogen (secondary N) is 1. The maximum atomic E-state index is 12.2. The molecule has 454 valence electrons. The highest BCUT2D eigenvalue weighted by atomic mass is 35.5. The molecule has 3 atom stereocenters. The zero-order chi connectivity index (χ0) is 58.6. The predicted octanol–water partition coefficient (Wildman–Crippen LogP) is 10.0. The lowest BCUT2D eigenvalue weighted by molar-refractivity contribution is 0.0912. The van der Waals surface area contributed by atoms with Gasteiger partial charge < -0.3 is 34.2 Å². The van der Waals surface area contributed by atoms with Crippen molar-refractivity contribution in [2.45, 2.75) is 107 Å². The number of rotatable bonds is 15. The van der Waals surface area contributed by atoms with E-state index in [1.54, 1.807) is 4.31 Å². The normalized spacial score (nSPS) is 22.1. The van der Waals surface area contributed by atoms with Gasteiger partial charge in [0.15, 0.2) is 52.8 Å². The number of halogens is 1. The predicted molar refractivity (Wildman–Crippen MR) is 332 cm³/mol. The quantitative estimate of drug-likeness (QED) is 0.0930. The molecule has 4 fully saturated rings. The fourth-order valence-electron chi connectivity index (χ4n) is 12.2. The summed E-state index contributed by atoms with van der Waals surface area (Å²) < 4.78 is 88.7. The molecular formula is C66H81ClN6O10S2. The van der Waals surface area contributed by atoms with E-state index in [1.165, 1.54) is 16.7 Å². The van der Waals surface area contributed by atoms with Crippen molar-refractivity contribution in [1.29, 1.82) is 0 Å². The monoisotopic (exact) mass is 1220 g/mol. The molecule has 0 radical (unpaired) electrons. The minimum Gasteiger partial charge on any atom is -0.485 e. The van der Waals surface area contributed by atoms with Crippen LogP contribution in [-0.4, -0.2) is 137 Å². The maximum absolute atomic E-state index is 12.2. The SMILES string of the molecule is NC1CCN(Cc2ccc([C@H]3COc4ccccc4O3)cc2)CC1.O=S(=O)(CCCCl)NC1CCN(Cc2ccc([C@H]3COc4ccccc4O3)cc2)CC1.O=S1(=O)CCCN1C1CCN(Cc2ccc([C@H]3COc4ccccc4O3)cc2)CC1. The molecule has 3 N–H and O–H groups in total. The number of sulfonamides is 2. The van der Waals surface area contributed by atoms with E-state index in [4.69, 9.17) is 45.8 Å². The lowest BCUT2D eigenvalue weighted by Crippen LogP contribution is -2.45. The van der Waals surface area contributed by atoms with Gasteiger partial charge in [-0.1, -0.05) is 109 Å². The number of piperidine rings is 3. The highest BCUT2D eigenvalue weighted by molar-refractivity contribution is 7.89. The van der Waals surface area contributed by atoms with E-state index in [2.05, 4.69) is 92.2 Å². The standard InChI is InChI=1S/C23H29ClN2O4S.C23H28N2O4S.C20H24N2O2/c24-12-3-15-31(27,28)25-20-10-13-26(14-11-20)16-18-6-8-19(9-7-18)23-17-29-21-4-1-2-5-22(21)30-23;26-30(27)15-3-12-25(30)20-10-13-24(14-11-20)16-18-6-8-19(9-7-18)23-17-28-21-4-1-2-5-22(21)29-23;21-17-9-11-22(12-10-17)13-15-5-7-16(8-6-15)20-14-23-18-3-1-2-4-19(18)24-20/h1-2,4-9,20,23,25H,3,10-17H2;1-2,4-9,20,23H,3,10-17H2;1-8,17,20H,9-14,21H2/t2*23-;20-/m111/s1. The van der Waals surface area contributed by atoms with Gasteiger partial charge in [0.25, 0.3) is 0 Å². The number of hydrogen-bond acceptors (Lipinski definition) is 14. The number of para-hydroxylation sites is 6. The van der Waals surface area contributed by atoms with Gasteiger partial charge in [0, 0.05) is 76.4 Å². The minimum atomic E-state index is -3.23. The summed E-state index contributed by atoms with van der Waals surface area (Å²) in [4.78, 5) is 7.27. The number of fused-ring (bicyclic) bond motifs is 3. The Labute approximate surface area is 507 Å². The van der Waals surface area contributed by atoms with Crippen LogP contribution in [0.1, 0.15) is 103 Å². The van der Waals surface area contributed by atoms with Gasteiger partial charge in [-0.3, -0.25) is 14.7 Å². The van der Waals surface area contributed by atoms with Crippen molar-refractivity contribution in [2.24, 2.45) is 5.73 Å². The van der Waals surface area contributed by atoms with Crippen LogP contribution in [0.4, 0.5) is 0 Å². The summed E-state index contributed by atoms with van der Waals surface area (Å²) in [6.45, 7) is 10.9. The molecule has 0 aromatic heterocycles. The van der Waals surface area contributed by atoms with E-state index in [9.17, 15) is 16.8 Å². The Hall–Kier alpha value is -5.93. The molecular weight excluding hydrogens is 1140 g/mol. The van der Waals surface area contributed by atoms with Crippen molar-refractivity contribution < 1.29 is 45.3 Å². The number of nitrogens with zero attached hydrogens (tertiary/aromatic N) is 4. The summed E-state index contributed by atoms with van der Waals surface area (Å²) in [5, 5.41) is 0. The van der Waals surface area contributed by atoms with E-state index in [0.717, 1.165) is 155 Å². The summed E-state index contributed by atoms with van der Waals surface area (Å²) in [6.07, 6.45) is 6.71. The van der Waals surface area contributed by atoms with Gasteiger partial charge in [-0.2, -0.15) is 4.31 Å². The first-order valence-corrected chi connectivity index (χ1v) is 34.1. The minimum absolute atomic E-state index is 0.0188. The number of nitrogens with two attached hydrogens (primary N) is 1. The zero-order valence-electron chi connectivity index (χ0n) is 48.4. The van der Waals surface area contributed by atoms with Crippen LogP contribution < -0.4 is 38.9 Å². The molecule has 0 unspecified atom stereocenters. The van der Waals surface area contributed by atoms with Gasteiger partial charge in [-0.25, -0.2) is 21.6 Å². The second-order valence-corrected chi connectivity index (χ2v) is 27.5. The molecule has 6 aromatic rings. The van der Waals surface area contributed by atoms with E-state index in [1.807, 2.05) is 72.8 Å². The first-order chi connectivity index (χ1) is 41.4. The van der Waals surface area contributed by atoms with E-state index >= 15 is 0 Å². The number of likely N-dealkylation sites (tertiary alicyclic amines) is 3. The van der Waals surface area contributed by atoms with Crippen molar-refractivity contribution in [3.8, 4) is 34.5 Å². The van der Waals surface area contributed by atoms with Gasteiger partial charge in [0.05, 0.1) is 11.5 Å². The smallest absolute Gasteiger partial charge is 0.214 e. The first kappa shape index (κ1) is 60.7. The topological polar surface area (TPSA) is 175 Å². The molecule has 19 heteroatoms. The fourth-order valence-corrected chi connectivity index (χ4v) is 15.6. The molecule has 7 heterocycles. The third kappa shape index (κ3) is 16.6. The number of alkyl halides is 1. The van der Waals surface area contributed by atoms with Crippen LogP contribution >= 0.6 is 11.6 Å². The van der Waals surface area contributed by atoms with E-state index < -0.39 is 20.0 Å². The highest BCUT2D eigenvalue weighted by Crippen LogP contribution is 2.39. The molecule has 7 aliphatic heterocycles. The molecule has 4 saturated heterocycles. The maximum Gasteiger partial charge on any atom is 0.214 e. The summed E-state index contributed by atoms with van der Waals surface area (Å²) in [5.74, 6) is 5.60. The largest absolute Gasteiger partial charge is 0.485 e. The van der Waals surface area contributed by atoms with Crippen LogP contribution in [0.3, 0.4) is 0 Å². The van der Waals surface area contributed by atoms with Crippen LogP contribution in [0.2, 0.25) is 0 Å². The van der Waals surface area contributed by atoms with Crippen molar-refractivity contribution >= 4 is 31.6 Å². The average molecular weight is 1220 g/mol. The molecule has 6 aromatic carbocycles. The molecule has 16 nitrogen and oxygen atoms in total. The molecule has 85 heavy (non-hydrogen) atoms. The van der Waals surface area contributed by atoms with Crippen molar-refractivity contribution in [3.63, 3.8) is 0 Å². The van der Waals surface area contributed by atoms with Gasteiger partial charge in [-0.15, -0.1) is 11.6 Å². The lowest BCUT2D eigenvalue weighted by Gasteiger charge is -2.35. The Kier molecular flexibility index (Phi) is 20.5. The van der Waals surface area contributed by atoms with Crippen LogP contribution in [-0.2, 0) is 39.7 Å². The van der Waals surface area contributed by atoms with E-state index in [-0.39, 0.29) is 36.1 Å². The Bertz CT molecular complexity index is 3320. The summed E-state index contributed by atoms with van der Waals surface area (Å²) in [6, 6.07) is 49.7. The number of ether oxygens (including phenoxy) is 6. The Morgan fingerprint density at radius 2 is 0.859 bits per heavy atom. The van der Waals surface area contributed by atoms with Crippen LogP contribution in [0, 0.1) is 0 Å². The zero-order valence-corrected chi connectivity index (χ0v) is 50.8. The Morgan fingerprint density at radius 1 is 0.494 bits per heavy atom. The highest BCUT2D eigenvalue weighted by Gasteiger charge is 2.36. The first-order valence-electron chi connectivity index (χ1n) is 30.3. The van der Waals surface area contributed by atoms with Crippen LogP contribution in [0.15, 0.2) is 146 Å². The average Bonchev–Trinajstić information content (AvgIpc) is 4.13. The molecule has 0 bridgehead atoms. The molecule has 0 saturated carbocycles. The summed E-state index contributed by atoms with van der Waals surface area (Å²) in [5.41, 5.74) is 13.2. The second-order valence-electron chi connectivity index (χ2n) is 23.2. The number of benzene rings is 6. The van der Waals surface area contributed by atoms with Gasteiger partial charge in [0.1, 0.15) is 19.8 Å². The summed E-state index contributed by atoms with van der Waals surface area (Å²) in [7, 11) is -6.23. The second kappa shape index (κ2) is 28.7. The molecule has 0 spiro atoms. The Balaban J connectivity index is 0.000000134. The van der Waals surface area contributed by atoms with Gasteiger partial charge in [0.2, 0.25) is 20.0 Å². The molecule has 13 rings (SSSR count). The molecule has 0 aliphatic carbocycles. The van der Waals surface area contributed by atoms with Gasteiger partial charge in [-0.05, 0) is 134 Å². The van der Waals surface area contributed by atoms with Gasteiger partial charge >= 0.3 is 0 Å².